The van der Waals surface area contributed by atoms with Crippen LogP contribution in [0.2, 0.25) is 0 Å². The quantitative estimate of drug-likeness (QED) is 0.359. The van der Waals surface area contributed by atoms with E-state index in [1.54, 1.807) is 6.92 Å². The second kappa shape index (κ2) is 5.75. The maximum Gasteiger partial charge on any atom is 0.523 e. The number of hydrogen-bond acceptors (Lipinski definition) is 10. The van der Waals surface area contributed by atoms with Gasteiger partial charge in [0.05, 0.1) is 0 Å². The molecule has 26 heavy (non-hydrogen) atoms. The van der Waals surface area contributed by atoms with E-state index in [4.69, 9.17) is 18.9 Å². The van der Waals surface area contributed by atoms with Crippen molar-refractivity contribution in [2.45, 2.75) is 38.6 Å². The maximum absolute atomic E-state index is 11.7. The van der Waals surface area contributed by atoms with Crippen molar-refractivity contribution in [3.8, 4) is 0 Å². The predicted octanol–water partition coefficient (Wildman–Crippen LogP) is 2.57. The highest BCUT2D eigenvalue weighted by atomic mass is 16.8. The fourth-order valence-corrected chi connectivity index (χ4v) is 3.96. The standard InChI is InChI=1S/C16H14O10/c1-5-3-7-12(24-16(20)25-13(17)21-7)10-6(2)4-8-11(9(5)10)23-15(19)26-14(18)22-8/h3,6,8,10-12H,4H2,1-2H3. The SMILES string of the molecule is CC1=C2C3OC(=O)OC(=O)OC3CC(C)C2C2OC(=O)OC(=O)OC2=C1. The normalized spacial score (nSPS) is 36.2. The molecule has 0 spiro atoms. The van der Waals surface area contributed by atoms with Gasteiger partial charge in [-0.1, -0.05) is 6.92 Å². The largest absolute Gasteiger partial charge is 0.523 e. The van der Waals surface area contributed by atoms with Crippen LogP contribution in [0.5, 0.6) is 0 Å². The molecule has 0 radical (unpaired) electrons. The Morgan fingerprint density at radius 1 is 0.846 bits per heavy atom. The fourth-order valence-electron chi connectivity index (χ4n) is 3.96. The Hall–Kier alpha value is -3.04. The van der Waals surface area contributed by atoms with Gasteiger partial charge >= 0.3 is 24.6 Å². The first-order chi connectivity index (χ1) is 12.3. The molecular formula is C16H14O10. The van der Waals surface area contributed by atoms with Crippen LogP contribution in [0.4, 0.5) is 19.2 Å². The van der Waals surface area contributed by atoms with Crippen LogP contribution in [-0.4, -0.2) is 42.9 Å². The Balaban J connectivity index is 1.79. The minimum absolute atomic E-state index is 0.130. The number of fused-ring (bicyclic) bond motifs is 5. The first-order valence-electron chi connectivity index (χ1n) is 7.95. The van der Waals surface area contributed by atoms with Gasteiger partial charge in [-0.3, -0.25) is 0 Å². The van der Waals surface area contributed by atoms with Gasteiger partial charge in [-0.2, -0.15) is 0 Å². The molecule has 0 N–H and O–H groups in total. The minimum atomic E-state index is -1.18. The average Bonchev–Trinajstić information content (AvgIpc) is 2.75. The Morgan fingerprint density at radius 2 is 1.46 bits per heavy atom. The first kappa shape index (κ1) is 16.4. The molecule has 5 unspecified atom stereocenters. The molecular weight excluding hydrogens is 352 g/mol. The molecule has 4 aliphatic rings. The van der Waals surface area contributed by atoms with Gasteiger partial charge in [-0.15, -0.1) is 0 Å². The summed E-state index contributed by atoms with van der Waals surface area (Å²) in [6, 6.07) is 0. The number of carbonyl (C=O) groups excluding carboxylic acids is 4. The van der Waals surface area contributed by atoms with Crippen molar-refractivity contribution >= 4 is 24.6 Å². The van der Waals surface area contributed by atoms with Gasteiger partial charge in [0, 0.05) is 5.92 Å². The van der Waals surface area contributed by atoms with Crippen LogP contribution in [0.25, 0.3) is 0 Å². The summed E-state index contributed by atoms with van der Waals surface area (Å²) in [4.78, 5) is 46.4. The molecule has 10 heteroatoms. The fraction of sp³-hybridized carbons (Fsp3) is 0.500. The highest BCUT2D eigenvalue weighted by Crippen LogP contribution is 2.47. The third kappa shape index (κ3) is 2.57. The van der Waals surface area contributed by atoms with Gasteiger partial charge in [0.2, 0.25) is 0 Å². The molecule has 0 aromatic rings. The second-order valence-electron chi connectivity index (χ2n) is 6.46. The van der Waals surface area contributed by atoms with Crippen LogP contribution in [0.15, 0.2) is 23.0 Å². The minimum Gasteiger partial charge on any atom is -0.426 e. The smallest absolute Gasteiger partial charge is 0.426 e. The highest BCUT2D eigenvalue weighted by Gasteiger charge is 2.53. The summed E-state index contributed by atoms with van der Waals surface area (Å²) in [7, 11) is 0. The molecule has 5 atom stereocenters. The van der Waals surface area contributed by atoms with Crippen molar-refractivity contribution in [3.05, 3.63) is 23.0 Å². The summed E-state index contributed by atoms with van der Waals surface area (Å²) in [6.07, 6.45) is -5.37. The van der Waals surface area contributed by atoms with Gasteiger partial charge in [0.25, 0.3) is 0 Å². The lowest BCUT2D eigenvalue weighted by atomic mass is 9.67. The summed E-state index contributed by atoms with van der Waals surface area (Å²) in [5.41, 5.74) is 1.25. The summed E-state index contributed by atoms with van der Waals surface area (Å²) in [6.45, 7) is 3.59. The summed E-state index contributed by atoms with van der Waals surface area (Å²) < 4.78 is 29.5. The number of cyclic esters (lactones) is 4. The molecule has 0 aromatic carbocycles. The van der Waals surface area contributed by atoms with Gasteiger partial charge < -0.3 is 28.4 Å². The van der Waals surface area contributed by atoms with Gasteiger partial charge in [-0.25, -0.2) is 19.2 Å². The third-order valence-corrected chi connectivity index (χ3v) is 4.87. The van der Waals surface area contributed by atoms with Gasteiger partial charge in [-0.05, 0) is 36.5 Å². The molecule has 10 nitrogen and oxygen atoms in total. The summed E-state index contributed by atoms with van der Waals surface area (Å²) in [5.74, 6) is -0.492. The van der Waals surface area contributed by atoms with E-state index < -0.39 is 48.9 Å². The van der Waals surface area contributed by atoms with Crippen LogP contribution < -0.4 is 0 Å². The Labute approximate surface area is 146 Å². The van der Waals surface area contributed by atoms with Crippen molar-refractivity contribution in [3.63, 3.8) is 0 Å². The number of allylic oxidation sites excluding steroid dienone is 2. The molecule has 2 aliphatic heterocycles. The molecule has 2 saturated heterocycles. The molecule has 0 bridgehead atoms. The van der Waals surface area contributed by atoms with E-state index in [1.165, 1.54) is 6.08 Å². The molecule has 2 heterocycles. The molecule has 0 amide bonds. The monoisotopic (exact) mass is 366 g/mol. The number of rotatable bonds is 0. The van der Waals surface area contributed by atoms with Gasteiger partial charge in [0.1, 0.15) is 6.10 Å². The van der Waals surface area contributed by atoms with E-state index in [9.17, 15) is 19.2 Å². The maximum atomic E-state index is 11.7. The van der Waals surface area contributed by atoms with Crippen LogP contribution in [-0.2, 0) is 28.4 Å². The number of ether oxygens (including phenoxy) is 6. The van der Waals surface area contributed by atoms with Crippen molar-refractivity contribution in [2.75, 3.05) is 0 Å². The molecule has 0 aromatic heterocycles. The van der Waals surface area contributed by atoms with E-state index in [0.717, 1.165) is 0 Å². The summed E-state index contributed by atoms with van der Waals surface area (Å²) >= 11 is 0. The van der Waals surface area contributed by atoms with E-state index in [2.05, 4.69) is 9.47 Å². The summed E-state index contributed by atoms with van der Waals surface area (Å²) in [5, 5.41) is 0. The zero-order chi connectivity index (χ0) is 18.6. The van der Waals surface area contributed by atoms with Crippen molar-refractivity contribution in [1.29, 1.82) is 0 Å². The zero-order valence-corrected chi connectivity index (χ0v) is 13.8. The van der Waals surface area contributed by atoms with Crippen molar-refractivity contribution in [1.82, 2.24) is 0 Å². The first-order valence-corrected chi connectivity index (χ1v) is 7.95. The third-order valence-electron chi connectivity index (χ3n) is 4.87. The van der Waals surface area contributed by atoms with Crippen LogP contribution >= 0.6 is 0 Å². The van der Waals surface area contributed by atoms with Crippen molar-refractivity contribution < 1.29 is 47.6 Å². The van der Waals surface area contributed by atoms with Crippen LogP contribution in [0.1, 0.15) is 20.3 Å². The van der Waals surface area contributed by atoms with E-state index >= 15 is 0 Å². The van der Waals surface area contributed by atoms with E-state index in [0.29, 0.717) is 17.6 Å². The predicted molar refractivity (Wildman–Crippen MR) is 77.5 cm³/mol. The lowest BCUT2D eigenvalue weighted by Gasteiger charge is -2.44. The Morgan fingerprint density at radius 3 is 2.19 bits per heavy atom. The Bertz CT molecular complexity index is 778. The molecule has 1 saturated carbocycles. The zero-order valence-electron chi connectivity index (χ0n) is 13.8. The molecule has 2 aliphatic carbocycles. The highest BCUT2D eigenvalue weighted by molar-refractivity contribution is 5.80. The van der Waals surface area contributed by atoms with Crippen LogP contribution in [0.3, 0.4) is 0 Å². The Kier molecular flexibility index (Phi) is 3.63. The average molecular weight is 366 g/mol. The lowest BCUT2D eigenvalue weighted by Crippen LogP contribution is -2.49. The molecule has 3 fully saturated rings. The van der Waals surface area contributed by atoms with Crippen LogP contribution in [0, 0.1) is 11.8 Å². The second-order valence-corrected chi connectivity index (χ2v) is 6.46. The van der Waals surface area contributed by atoms with Crippen molar-refractivity contribution in [2.24, 2.45) is 11.8 Å². The number of hydrogen-bond donors (Lipinski definition) is 0. The topological polar surface area (TPSA) is 124 Å². The van der Waals surface area contributed by atoms with E-state index in [1.807, 2.05) is 6.92 Å². The molecule has 138 valence electrons. The van der Waals surface area contributed by atoms with Gasteiger partial charge in [0.15, 0.2) is 18.0 Å². The molecule has 4 rings (SSSR count). The van der Waals surface area contributed by atoms with E-state index in [-0.39, 0.29) is 11.7 Å². The number of carbonyl (C=O) groups is 4. The lowest BCUT2D eigenvalue weighted by molar-refractivity contribution is -0.0362.